The molecule has 4 aromatic heterocycles. The summed E-state index contributed by atoms with van der Waals surface area (Å²) >= 11 is 3.56. The largest absolute Gasteiger partial charge is 0.264 e. The van der Waals surface area contributed by atoms with E-state index in [1.807, 2.05) is 54.2 Å². The van der Waals surface area contributed by atoms with E-state index < -0.39 is 0 Å². The molecule has 2 aliphatic rings. The number of rotatable bonds is 8. The van der Waals surface area contributed by atoms with Gasteiger partial charge < -0.3 is 0 Å². The molecule has 2 saturated carbocycles. The molecule has 0 atom stereocenters. The molecule has 4 heterocycles. The van der Waals surface area contributed by atoms with Crippen LogP contribution in [0.25, 0.3) is 10.6 Å². The molecule has 67 heavy (non-hydrogen) atoms. The summed E-state index contributed by atoms with van der Waals surface area (Å²) in [5.74, 6) is 2.21. The van der Waals surface area contributed by atoms with Crippen LogP contribution in [0.3, 0.4) is 0 Å². The molecule has 0 amide bonds. The van der Waals surface area contributed by atoms with Gasteiger partial charge in [-0.1, -0.05) is 193 Å². The molecule has 5 aromatic rings. The minimum Gasteiger partial charge on any atom is -0.264 e. The SMILES string of the molecule is CC(C)(C)CC1CC1.CC(C)(C)CCC1CC1.CC(C)(C)Cc1ccccn1.CC(C)(C)Cc1cccnc1.Cc1nc(-c2ccccc2)sc1CC(C)(C)C.Cc1nc(CC(C)(C)C)cs1. The van der Waals surface area contributed by atoms with Crippen LogP contribution in [0.2, 0.25) is 0 Å². The second-order valence-corrected chi connectivity index (χ2v) is 28.8. The zero-order valence-electron chi connectivity index (χ0n) is 46.6. The molecule has 1 aromatic carbocycles. The van der Waals surface area contributed by atoms with Crippen molar-refractivity contribution in [1.29, 1.82) is 0 Å². The summed E-state index contributed by atoms with van der Waals surface area (Å²) in [7, 11) is 0. The topological polar surface area (TPSA) is 51.6 Å². The lowest BCUT2D eigenvalue weighted by Crippen LogP contribution is -2.09. The second kappa shape index (κ2) is 27.2. The number of aromatic nitrogens is 4. The van der Waals surface area contributed by atoms with E-state index in [1.54, 1.807) is 11.3 Å². The molecule has 0 radical (unpaired) electrons. The molecule has 0 unspecified atom stereocenters. The van der Waals surface area contributed by atoms with E-state index in [0.717, 1.165) is 42.5 Å². The normalized spacial score (nSPS) is 14.0. The van der Waals surface area contributed by atoms with Crippen molar-refractivity contribution >= 4 is 22.7 Å². The van der Waals surface area contributed by atoms with Crippen LogP contribution in [0, 0.1) is 58.2 Å². The van der Waals surface area contributed by atoms with Crippen LogP contribution < -0.4 is 0 Å². The minimum absolute atomic E-state index is 0.325. The maximum Gasteiger partial charge on any atom is 0.123 e. The van der Waals surface area contributed by atoms with Gasteiger partial charge in [0.2, 0.25) is 0 Å². The summed E-state index contributed by atoms with van der Waals surface area (Å²) in [6.07, 6.45) is 20.3. The Balaban J connectivity index is 0.000000281. The van der Waals surface area contributed by atoms with Crippen LogP contribution in [-0.4, -0.2) is 19.9 Å². The molecule has 0 saturated heterocycles. The number of pyridine rings is 2. The van der Waals surface area contributed by atoms with Gasteiger partial charge in [-0.3, -0.25) is 9.97 Å². The lowest BCUT2D eigenvalue weighted by Gasteiger charge is -2.17. The summed E-state index contributed by atoms with van der Waals surface area (Å²) < 4.78 is 0. The van der Waals surface area contributed by atoms with E-state index in [1.165, 1.54) is 83.0 Å². The van der Waals surface area contributed by atoms with Crippen molar-refractivity contribution in [2.24, 2.45) is 44.3 Å². The van der Waals surface area contributed by atoms with Gasteiger partial charge in [0.05, 0.1) is 16.4 Å². The number of nitrogens with zero attached hydrogens (tertiary/aromatic N) is 4. The molecule has 4 nitrogen and oxygen atoms in total. The fourth-order valence-electron chi connectivity index (χ4n) is 7.20. The molecule has 0 aliphatic heterocycles. The molecule has 2 fully saturated rings. The molecular formula is C61H98N4S2. The van der Waals surface area contributed by atoms with Crippen LogP contribution in [0.5, 0.6) is 0 Å². The molecule has 6 heteroatoms. The van der Waals surface area contributed by atoms with Gasteiger partial charge in [0.25, 0.3) is 0 Å². The Bertz CT molecular complexity index is 1980. The maximum absolute atomic E-state index is 4.68. The van der Waals surface area contributed by atoms with E-state index in [4.69, 9.17) is 0 Å². The standard InChI is InChI=1S/C15H19NS.2C10H15N.C9H15NS.C9H18.C8H16/c1-11-13(10-15(2,3)4)17-14(16-11)12-8-6-5-7-9-12;1-10(2,3)7-9-5-4-6-11-8-9;1-10(2,3)8-9-6-4-5-7-11-9;1-7-10-8(6-11-7)5-9(2,3)4;1-9(2,3)7-6-8-4-5-8;1-8(2,3)6-7-4-5-7/h5-9H,10H2,1-4H3;4-6,8H,7H2,1-3H3;4-7H,8H2,1-3H3;6H,5H2,1-4H3;8H,4-7H2,1-3H3;7H,4-6H2,1-3H3. The smallest absolute Gasteiger partial charge is 0.123 e. The Labute approximate surface area is 421 Å². The van der Waals surface area contributed by atoms with Crippen LogP contribution in [-0.2, 0) is 25.7 Å². The molecule has 2 aliphatic carbocycles. The van der Waals surface area contributed by atoms with Crippen LogP contribution in [0.1, 0.15) is 202 Å². The molecule has 0 bridgehead atoms. The van der Waals surface area contributed by atoms with Gasteiger partial charge in [-0.05, 0) is 127 Å². The second-order valence-electron chi connectivity index (χ2n) is 26.6. The number of hydrogen-bond donors (Lipinski definition) is 0. The highest BCUT2D eigenvalue weighted by Crippen LogP contribution is 2.40. The zero-order valence-corrected chi connectivity index (χ0v) is 48.3. The van der Waals surface area contributed by atoms with Crippen LogP contribution in [0.4, 0.5) is 0 Å². The first-order chi connectivity index (χ1) is 30.7. The Morgan fingerprint density at radius 2 is 1.07 bits per heavy atom. The number of hydrogen-bond acceptors (Lipinski definition) is 6. The minimum atomic E-state index is 0.325. The first-order valence-electron chi connectivity index (χ1n) is 25.5. The Hall–Kier alpha value is -3.22. The first-order valence-corrected chi connectivity index (χ1v) is 27.2. The van der Waals surface area contributed by atoms with E-state index in [0.29, 0.717) is 32.5 Å². The fourth-order valence-corrected chi connectivity index (χ4v) is 9.18. The summed E-state index contributed by atoms with van der Waals surface area (Å²) in [5.41, 5.74) is 8.69. The molecule has 7 rings (SSSR count). The van der Waals surface area contributed by atoms with Gasteiger partial charge in [0.15, 0.2) is 0 Å². The molecule has 374 valence electrons. The quantitative estimate of drug-likeness (QED) is 0.156. The third-order valence-electron chi connectivity index (χ3n) is 10.5. The third kappa shape index (κ3) is 33.8. The van der Waals surface area contributed by atoms with Gasteiger partial charge in [-0.15, -0.1) is 22.7 Å². The Morgan fingerprint density at radius 1 is 0.522 bits per heavy atom. The molecule has 0 spiro atoms. The van der Waals surface area contributed by atoms with Gasteiger partial charge in [0.1, 0.15) is 5.01 Å². The van der Waals surface area contributed by atoms with Crippen LogP contribution in [0.15, 0.2) is 84.6 Å². The Kier molecular flexibility index (Phi) is 24.4. The van der Waals surface area contributed by atoms with Gasteiger partial charge in [-0.2, -0.15) is 0 Å². The van der Waals surface area contributed by atoms with Crippen molar-refractivity contribution in [1.82, 2.24) is 19.9 Å². The van der Waals surface area contributed by atoms with Gasteiger partial charge in [-0.25, -0.2) is 9.97 Å². The number of aryl methyl sites for hydroxylation is 2. The van der Waals surface area contributed by atoms with Gasteiger partial charge in [0, 0.05) is 40.1 Å². The highest BCUT2D eigenvalue weighted by Gasteiger charge is 2.27. The third-order valence-corrected chi connectivity index (χ3v) is 12.5. The summed E-state index contributed by atoms with van der Waals surface area (Å²) in [6.45, 7) is 45.0. The van der Waals surface area contributed by atoms with Crippen molar-refractivity contribution in [3.63, 3.8) is 0 Å². The summed E-state index contributed by atoms with van der Waals surface area (Å²) in [5, 5.41) is 4.47. The van der Waals surface area contributed by atoms with Gasteiger partial charge >= 0.3 is 0 Å². The lowest BCUT2D eigenvalue weighted by atomic mass is 9.89. The highest BCUT2D eigenvalue weighted by molar-refractivity contribution is 7.15. The van der Waals surface area contributed by atoms with Crippen molar-refractivity contribution in [3.8, 4) is 10.6 Å². The molecule has 0 N–H and O–H groups in total. The number of thiazole rings is 2. The zero-order chi connectivity index (χ0) is 50.7. The Morgan fingerprint density at radius 3 is 1.49 bits per heavy atom. The van der Waals surface area contributed by atoms with E-state index in [2.05, 4.69) is 200 Å². The lowest BCUT2D eigenvalue weighted by molar-refractivity contribution is 0.354. The van der Waals surface area contributed by atoms with E-state index in [-0.39, 0.29) is 0 Å². The average Bonchev–Trinajstić information content (AvgIpc) is 4.11. The summed E-state index contributed by atoms with van der Waals surface area (Å²) in [6, 6.07) is 20.6. The van der Waals surface area contributed by atoms with E-state index in [9.17, 15) is 0 Å². The van der Waals surface area contributed by atoms with Crippen molar-refractivity contribution in [3.05, 3.63) is 117 Å². The number of benzene rings is 1. The van der Waals surface area contributed by atoms with Crippen molar-refractivity contribution in [2.45, 2.75) is 209 Å². The first kappa shape index (κ1) is 59.9. The average molecular weight is 952 g/mol. The van der Waals surface area contributed by atoms with E-state index >= 15 is 0 Å². The monoisotopic (exact) mass is 951 g/mol. The van der Waals surface area contributed by atoms with Crippen molar-refractivity contribution in [2.75, 3.05) is 0 Å². The fraction of sp³-hybridized carbons (Fsp3) is 0.639. The van der Waals surface area contributed by atoms with Crippen molar-refractivity contribution < 1.29 is 0 Å². The summed E-state index contributed by atoms with van der Waals surface area (Å²) in [4.78, 5) is 18.8. The predicted molar refractivity (Wildman–Crippen MR) is 298 cm³/mol. The predicted octanol–water partition coefficient (Wildman–Crippen LogP) is 19.1. The maximum atomic E-state index is 4.68. The van der Waals surface area contributed by atoms with Crippen LogP contribution >= 0.6 is 22.7 Å². The highest BCUT2D eigenvalue weighted by atomic mass is 32.1. The molecular weight excluding hydrogens is 853 g/mol.